The van der Waals surface area contributed by atoms with Crippen LogP contribution >= 0.6 is 0 Å². The van der Waals surface area contributed by atoms with Gasteiger partial charge in [-0.05, 0) is 37.0 Å². The Morgan fingerprint density at radius 1 is 1.24 bits per heavy atom. The number of β-amino-alcohol motifs (C(OH)–C–C–N with tert-alkyl or cyclic N) is 1. The lowest BCUT2D eigenvalue weighted by Gasteiger charge is -2.40. The molecule has 0 amide bonds. The molecule has 3 N–H and O–H groups in total. The van der Waals surface area contributed by atoms with Crippen LogP contribution in [0.25, 0.3) is 0 Å². The average Bonchev–Trinajstić information content (AvgIpc) is 2.89. The van der Waals surface area contributed by atoms with Crippen molar-refractivity contribution in [1.82, 2.24) is 5.32 Å². The van der Waals surface area contributed by atoms with E-state index < -0.39 is 27.5 Å². The first-order chi connectivity index (χ1) is 9.66. The molecule has 21 heavy (non-hydrogen) atoms. The Kier molecular flexibility index (Phi) is 3.68. The predicted molar refractivity (Wildman–Crippen MR) is 80.6 cm³/mol. The number of hydrogen-bond acceptors (Lipinski definition) is 5. The molecular formula is C15H27NO4S. The molecule has 122 valence electrons. The first kappa shape index (κ1) is 15.7. The van der Waals surface area contributed by atoms with Crippen LogP contribution in [-0.2, 0) is 9.84 Å². The maximum Gasteiger partial charge on any atom is 0.152 e. The summed E-state index contributed by atoms with van der Waals surface area (Å²) in [5, 5.41) is 23.0. The fraction of sp³-hybridized carbons (Fsp3) is 1.00. The van der Waals surface area contributed by atoms with Gasteiger partial charge in [-0.15, -0.1) is 0 Å². The monoisotopic (exact) mass is 317 g/mol. The second-order valence-electron chi connectivity index (χ2n) is 7.91. The predicted octanol–water partition coefficient (Wildman–Crippen LogP) is 0.311. The normalized spacial score (nSPS) is 45.3. The largest absolute Gasteiger partial charge is 0.392 e. The molecule has 3 unspecified atom stereocenters. The van der Waals surface area contributed by atoms with Gasteiger partial charge in [-0.2, -0.15) is 0 Å². The zero-order chi connectivity index (χ0) is 15.5. The van der Waals surface area contributed by atoms with E-state index in [9.17, 15) is 18.6 Å². The van der Waals surface area contributed by atoms with E-state index in [-0.39, 0.29) is 23.0 Å². The average molecular weight is 317 g/mol. The summed E-state index contributed by atoms with van der Waals surface area (Å²) in [6.07, 6.45) is 2.14. The van der Waals surface area contributed by atoms with Gasteiger partial charge >= 0.3 is 0 Å². The SMILES string of the molecule is CC1(C)C2CC[C@@]1(CS(=O)(=O)CC1C[C@@H](O)CN1)C(O)C2. The molecule has 0 aromatic heterocycles. The summed E-state index contributed by atoms with van der Waals surface area (Å²) >= 11 is 0. The third kappa shape index (κ3) is 2.44. The van der Waals surface area contributed by atoms with Crippen molar-refractivity contribution in [3.8, 4) is 0 Å². The number of rotatable bonds is 4. The van der Waals surface area contributed by atoms with Gasteiger partial charge in [0.1, 0.15) is 0 Å². The van der Waals surface area contributed by atoms with Gasteiger partial charge in [0.05, 0.1) is 23.7 Å². The summed E-state index contributed by atoms with van der Waals surface area (Å²) in [7, 11) is -3.25. The molecule has 5 nitrogen and oxygen atoms in total. The van der Waals surface area contributed by atoms with Crippen molar-refractivity contribution >= 4 is 9.84 Å². The Bertz CT molecular complexity index is 518. The van der Waals surface area contributed by atoms with Crippen LogP contribution in [0, 0.1) is 16.7 Å². The van der Waals surface area contributed by atoms with Crippen molar-refractivity contribution in [2.24, 2.45) is 16.7 Å². The highest BCUT2D eigenvalue weighted by Crippen LogP contribution is 2.66. The summed E-state index contributed by atoms with van der Waals surface area (Å²) < 4.78 is 25.3. The molecule has 0 radical (unpaired) electrons. The van der Waals surface area contributed by atoms with Gasteiger partial charge in [0, 0.05) is 18.0 Å². The molecule has 2 bridgehead atoms. The van der Waals surface area contributed by atoms with Crippen molar-refractivity contribution in [2.75, 3.05) is 18.1 Å². The number of sulfone groups is 1. The number of aliphatic hydroxyl groups is 2. The molecule has 6 heteroatoms. The third-order valence-corrected chi connectivity index (χ3v) is 8.38. The van der Waals surface area contributed by atoms with E-state index in [1.54, 1.807) is 0 Å². The highest BCUT2D eigenvalue weighted by Gasteiger charge is 2.64. The minimum Gasteiger partial charge on any atom is -0.392 e. The third-order valence-electron chi connectivity index (χ3n) is 6.52. The van der Waals surface area contributed by atoms with Crippen molar-refractivity contribution in [1.29, 1.82) is 0 Å². The Labute approximate surface area is 127 Å². The lowest BCUT2D eigenvalue weighted by atomic mass is 9.70. The van der Waals surface area contributed by atoms with Gasteiger partial charge in [-0.1, -0.05) is 13.8 Å². The zero-order valence-electron chi connectivity index (χ0n) is 12.9. The van der Waals surface area contributed by atoms with Crippen LogP contribution in [0.4, 0.5) is 0 Å². The van der Waals surface area contributed by atoms with Crippen LogP contribution in [0.5, 0.6) is 0 Å². The second-order valence-corrected chi connectivity index (χ2v) is 10.0. The van der Waals surface area contributed by atoms with Crippen LogP contribution < -0.4 is 5.32 Å². The summed E-state index contributed by atoms with van der Waals surface area (Å²) in [5.74, 6) is 0.590. The van der Waals surface area contributed by atoms with Gasteiger partial charge in [-0.3, -0.25) is 0 Å². The van der Waals surface area contributed by atoms with Crippen molar-refractivity contribution < 1.29 is 18.6 Å². The molecule has 3 aliphatic rings. The fourth-order valence-corrected chi connectivity index (χ4v) is 7.54. The lowest BCUT2D eigenvalue weighted by Crippen LogP contribution is -2.46. The molecule has 1 saturated heterocycles. The molecule has 5 atom stereocenters. The van der Waals surface area contributed by atoms with Crippen LogP contribution in [0.1, 0.15) is 39.5 Å². The van der Waals surface area contributed by atoms with Crippen molar-refractivity contribution in [3.05, 3.63) is 0 Å². The van der Waals surface area contributed by atoms with Gasteiger partial charge in [0.15, 0.2) is 9.84 Å². The summed E-state index contributed by atoms with van der Waals surface area (Å²) in [5.41, 5.74) is -0.587. The van der Waals surface area contributed by atoms with Gasteiger partial charge < -0.3 is 15.5 Å². The quantitative estimate of drug-likeness (QED) is 0.695. The summed E-state index contributed by atoms with van der Waals surface area (Å²) in [4.78, 5) is 0. The number of fused-ring (bicyclic) bond motifs is 2. The molecule has 2 saturated carbocycles. The van der Waals surface area contributed by atoms with E-state index in [0.29, 0.717) is 18.9 Å². The molecule has 0 spiro atoms. The first-order valence-corrected chi connectivity index (χ1v) is 9.78. The second kappa shape index (κ2) is 4.91. The zero-order valence-corrected chi connectivity index (χ0v) is 13.7. The molecule has 0 aromatic carbocycles. The number of hydrogen-bond donors (Lipinski definition) is 3. The Morgan fingerprint density at radius 3 is 2.43 bits per heavy atom. The Hall–Kier alpha value is -0.170. The standard InChI is InChI=1S/C15H27NO4S/c1-14(2)10-3-4-15(14,13(18)5-10)9-21(19,20)8-11-6-12(17)7-16-11/h10-13,16-18H,3-9H2,1-2H3/t10?,11?,12-,13?,15-/m1/s1. The van der Waals surface area contributed by atoms with Crippen LogP contribution in [0.2, 0.25) is 0 Å². The topological polar surface area (TPSA) is 86.6 Å². The summed E-state index contributed by atoms with van der Waals surface area (Å²) in [6, 6.07) is -0.153. The van der Waals surface area contributed by atoms with E-state index in [4.69, 9.17) is 0 Å². The van der Waals surface area contributed by atoms with Crippen molar-refractivity contribution in [2.45, 2.75) is 57.8 Å². The molecule has 0 aromatic rings. The highest BCUT2D eigenvalue weighted by atomic mass is 32.2. The van der Waals surface area contributed by atoms with E-state index in [1.165, 1.54) is 0 Å². The Balaban J connectivity index is 1.75. The maximum atomic E-state index is 12.6. The summed E-state index contributed by atoms with van der Waals surface area (Å²) in [6.45, 7) is 4.71. The minimum absolute atomic E-state index is 0.0687. The molecule has 1 aliphatic heterocycles. The van der Waals surface area contributed by atoms with E-state index >= 15 is 0 Å². The highest BCUT2D eigenvalue weighted by molar-refractivity contribution is 7.91. The number of aliphatic hydroxyl groups excluding tert-OH is 2. The maximum absolute atomic E-state index is 12.6. The minimum atomic E-state index is -3.25. The first-order valence-electron chi connectivity index (χ1n) is 7.96. The molecule has 2 aliphatic carbocycles. The Morgan fingerprint density at radius 2 is 1.95 bits per heavy atom. The van der Waals surface area contributed by atoms with Gasteiger partial charge in [-0.25, -0.2) is 8.42 Å². The molecule has 1 heterocycles. The number of nitrogens with one attached hydrogen (secondary N) is 1. The molecular weight excluding hydrogens is 290 g/mol. The van der Waals surface area contributed by atoms with Gasteiger partial charge in [0.25, 0.3) is 0 Å². The van der Waals surface area contributed by atoms with E-state index in [1.807, 2.05) is 0 Å². The lowest BCUT2D eigenvalue weighted by molar-refractivity contribution is 0.0153. The van der Waals surface area contributed by atoms with Gasteiger partial charge in [0.2, 0.25) is 0 Å². The van der Waals surface area contributed by atoms with E-state index in [0.717, 1.165) is 19.3 Å². The van der Waals surface area contributed by atoms with Crippen LogP contribution in [0.15, 0.2) is 0 Å². The molecule has 3 rings (SSSR count). The smallest absolute Gasteiger partial charge is 0.152 e. The van der Waals surface area contributed by atoms with Crippen LogP contribution in [-0.4, -0.2) is 54.9 Å². The fourth-order valence-electron chi connectivity index (χ4n) is 5.06. The van der Waals surface area contributed by atoms with Crippen molar-refractivity contribution in [3.63, 3.8) is 0 Å². The molecule has 3 fully saturated rings. The van der Waals surface area contributed by atoms with Crippen LogP contribution in [0.3, 0.4) is 0 Å². The van der Waals surface area contributed by atoms with E-state index in [2.05, 4.69) is 19.2 Å².